The summed E-state index contributed by atoms with van der Waals surface area (Å²) < 4.78 is 5.61. The van der Waals surface area contributed by atoms with Crippen LogP contribution in [0.3, 0.4) is 0 Å². The normalized spacial score (nSPS) is 24.6. The topological polar surface area (TPSA) is 133 Å². The predicted octanol–water partition coefficient (Wildman–Crippen LogP) is 3.42. The van der Waals surface area contributed by atoms with E-state index in [1.54, 1.807) is 0 Å². The molecule has 10 nitrogen and oxygen atoms in total. The average Bonchev–Trinajstić information content (AvgIpc) is 3.49. The number of H-pyrrole nitrogens is 1. The van der Waals surface area contributed by atoms with Crippen LogP contribution in [-0.4, -0.2) is 77.9 Å². The minimum absolute atomic E-state index is 0.0305. The lowest BCUT2D eigenvalue weighted by Crippen LogP contribution is -2.60. The van der Waals surface area contributed by atoms with Crippen LogP contribution >= 0.6 is 0 Å². The van der Waals surface area contributed by atoms with E-state index in [0.717, 1.165) is 22.0 Å². The van der Waals surface area contributed by atoms with E-state index in [2.05, 4.69) is 33.1 Å². The van der Waals surface area contributed by atoms with Gasteiger partial charge in [-0.1, -0.05) is 60.7 Å². The monoisotopic (exact) mass is 639 g/mol. The van der Waals surface area contributed by atoms with Gasteiger partial charge in [-0.25, -0.2) is 0 Å². The number of carbonyl (C=O) groups is 4. The third-order valence-electron chi connectivity index (χ3n) is 10.1. The van der Waals surface area contributed by atoms with Crippen LogP contribution in [0.25, 0.3) is 10.9 Å². The Kier molecular flexibility index (Phi) is 10.1. The lowest BCUT2D eigenvalue weighted by atomic mass is 9.75. The van der Waals surface area contributed by atoms with Gasteiger partial charge in [0.05, 0.1) is 5.41 Å². The summed E-state index contributed by atoms with van der Waals surface area (Å²) >= 11 is 0. The molecule has 2 aromatic carbocycles. The standard InChI is InChI=1S/C37H45N5O5/c1-25(43)39-33(22-28-23-38-31-13-6-5-12-29(28)31)35(45)42-18-14-30-27(24-42)11-7-8-15-37(16-19-47-20-17-37)36(46)41-32(34(44)40-30)21-26-9-3-2-4-10-26/h2-10,12-13,23,27,30,32-33,38H,11,14-22,24H2,1H3,(H,39,43)(H,40,44)(H,41,46)/b8-7+/t27-,30-,32+,33+/m1/s1. The molecule has 1 spiro atoms. The van der Waals surface area contributed by atoms with Crippen molar-refractivity contribution in [2.24, 2.45) is 11.3 Å². The van der Waals surface area contributed by atoms with Crippen LogP contribution in [0, 0.1) is 11.3 Å². The number of hydrogen-bond donors (Lipinski definition) is 4. The largest absolute Gasteiger partial charge is 0.381 e. The second-order valence-electron chi connectivity index (χ2n) is 13.3. The molecule has 3 aliphatic heterocycles. The Bertz CT molecular complexity index is 1610. The highest BCUT2D eigenvalue weighted by Gasteiger charge is 2.42. The first-order chi connectivity index (χ1) is 22.8. The number of amides is 4. The smallest absolute Gasteiger partial charge is 0.245 e. The Labute approximate surface area is 275 Å². The molecule has 4 heterocycles. The zero-order valence-corrected chi connectivity index (χ0v) is 27.0. The molecular weight excluding hydrogens is 594 g/mol. The van der Waals surface area contributed by atoms with Crippen molar-refractivity contribution in [2.45, 2.75) is 70.0 Å². The van der Waals surface area contributed by atoms with Gasteiger partial charge in [-0.15, -0.1) is 0 Å². The zero-order chi connectivity index (χ0) is 32.8. The number of aromatic nitrogens is 1. The number of nitrogens with zero attached hydrogens (tertiary/aromatic N) is 1. The third kappa shape index (κ3) is 7.59. The summed E-state index contributed by atoms with van der Waals surface area (Å²) in [5.41, 5.74) is 2.29. The maximum Gasteiger partial charge on any atom is 0.245 e. The first kappa shape index (κ1) is 32.5. The lowest BCUT2D eigenvalue weighted by Gasteiger charge is -2.41. The quantitative estimate of drug-likeness (QED) is 0.307. The van der Waals surface area contributed by atoms with Crippen molar-refractivity contribution in [2.75, 3.05) is 26.3 Å². The van der Waals surface area contributed by atoms with Gasteiger partial charge in [0.15, 0.2) is 0 Å². The lowest BCUT2D eigenvalue weighted by molar-refractivity contribution is -0.141. The number of benzene rings is 2. The molecular formula is C37H45N5O5. The van der Waals surface area contributed by atoms with Gasteiger partial charge in [0.2, 0.25) is 23.6 Å². The van der Waals surface area contributed by atoms with Gasteiger partial charge in [-0.05, 0) is 49.3 Å². The van der Waals surface area contributed by atoms with Gasteiger partial charge >= 0.3 is 0 Å². The van der Waals surface area contributed by atoms with Gasteiger partial charge in [0.25, 0.3) is 0 Å². The van der Waals surface area contributed by atoms with E-state index in [9.17, 15) is 19.2 Å². The number of carbonyl (C=O) groups excluding carboxylic acids is 4. The predicted molar refractivity (Wildman–Crippen MR) is 179 cm³/mol. The zero-order valence-electron chi connectivity index (χ0n) is 27.0. The van der Waals surface area contributed by atoms with Gasteiger partial charge < -0.3 is 30.6 Å². The molecule has 6 rings (SSSR count). The van der Waals surface area contributed by atoms with E-state index in [4.69, 9.17) is 4.74 Å². The van der Waals surface area contributed by atoms with Crippen molar-refractivity contribution in [3.05, 3.63) is 84.1 Å². The van der Waals surface area contributed by atoms with Gasteiger partial charge in [0, 0.05) is 75.1 Å². The molecule has 2 fully saturated rings. The van der Waals surface area contributed by atoms with Crippen LogP contribution in [0.1, 0.15) is 50.2 Å². The number of rotatable bonds is 6. The summed E-state index contributed by atoms with van der Waals surface area (Å²) in [5, 5.41) is 10.3. The first-order valence-electron chi connectivity index (χ1n) is 16.8. The minimum atomic E-state index is -0.728. The fourth-order valence-electron chi connectivity index (χ4n) is 7.37. The number of fused-ring (bicyclic) bond motifs is 2. The Morgan fingerprint density at radius 2 is 1.79 bits per heavy atom. The van der Waals surface area contributed by atoms with Crippen LogP contribution in [0.2, 0.25) is 0 Å². The molecule has 248 valence electrons. The van der Waals surface area contributed by atoms with E-state index in [-0.39, 0.29) is 35.6 Å². The number of nitrogens with one attached hydrogen (secondary N) is 4. The fourth-order valence-corrected chi connectivity index (χ4v) is 7.37. The van der Waals surface area contributed by atoms with Crippen molar-refractivity contribution in [3.8, 4) is 0 Å². The van der Waals surface area contributed by atoms with Crippen molar-refractivity contribution in [1.82, 2.24) is 25.8 Å². The minimum Gasteiger partial charge on any atom is -0.381 e. The molecule has 3 aliphatic rings. The molecule has 10 heteroatoms. The molecule has 47 heavy (non-hydrogen) atoms. The molecule has 2 saturated heterocycles. The van der Waals surface area contributed by atoms with E-state index in [0.29, 0.717) is 71.2 Å². The highest BCUT2D eigenvalue weighted by atomic mass is 16.5. The molecule has 0 aliphatic carbocycles. The van der Waals surface area contributed by atoms with Crippen molar-refractivity contribution in [3.63, 3.8) is 0 Å². The van der Waals surface area contributed by atoms with Crippen LogP contribution in [0.5, 0.6) is 0 Å². The van der Waals surface area contributed by atoms with Crippen LogP contribution in [-0.2, 0) is 36.8 Å². The second kappa shape index (κ2) is 14.5. The van der Waals surface area contributed by atoms with Crippen LogP contribution < -0.4 is 16.0 Å². The van der Waals surface area contributed by atoms with E-state index in [1.807, 2.05) is 65.7 Å². The Balaban J connectivity index is 1.22. The number of piperidine rings is 1. The number of hydrogen-bond acceptors (Lipinski definition) is 5. The fraction of sp³-hybridized carbons (Fsp3) is 0.459. The second-order valence-corrected chi connectivity index (χ2v) is 13.3. The molecule has 0 radical (unpaired) electrons. The highest BCUT2D eigenvalue weighted by Crippen LogP contribution is 2.36. The SMILES string of the molecule is CC(=O)N[C@@H](Cc1c[nH]c2ccccc12)C(=O)N1CC[C@H]2NC(=O)[C@H](Cc3ccccc3)NC(=O)C3(C/C=C/C[C@@H]2C1)CCOCC3. The molecule has 0 unspecified atom stereocenters. The van der Waals surface area contributed by atoms with Gasteiger partial charge in [-0.2, -0.15) is 0 Å². The molecule has 1 aromatic heterocycles. The molecule has 4 amide bonds. The van der Waals surface area contributed by atoms with Crippen molar-refractivity contribution >= 4 is 34.5 Å². The number of allylic oxidation sites excluding steroid dienone is 2. The Morgan fingerprint density at radius 3 is 2.57 bits per heavy atom. The van der Waals surface area contributed by atoms with Crippen molar-refractivity contribution in [1.29, 1.82) is 0 Å². The number of para-hydroxylation sites is 1. The van der Waals surface area contributed by atoms with E-state index < -0.39 is 17.5 Å². The Hall–Kier alpha value is -4.44. The highest BCUT2D eigenvalue weighted by molar-refractivity contribution is 5.91. The van der Waals surface area contributed by atoms with Crippen LogP contribution in [0.15, 0.2) is 72.9 Å². The molecule has 0 bridgehead atoms. The average molecular weight is 640 g/mol. The maximum absolute atomic E-state index is 14.0. The molecule has 3 aromatic rings. The summed E-state index contributed by atoms with van der Waals surface area (Å²) in [7, 11) is 0. The maximum atomic E-state index is 14.0. The van der Waals surface area contributed by atoms with Gasteiger partial charge in [0.1, 0.15) is 12.1 Å². The summed E-state index contributed by atoms with van der Waals surface area (Å²) in [6.45, 7) is 3.35. The van der Waals surface area contributed by atoms with Crippen molar-refractivity contribution < 1.29 is 23.9 Å². The number of ether oxygens (including phenoxy) is 1. The number of aromatic amines is 1. The first-order valence-corrected chi connectivity index (χ1v) is 16.8. The Morgan fingerprint density at radius 1 is 1.02 bits per heavy atom. The molecule has 0 saturated carbocycles. The summed E-state index contributed by atoms with van der Waals surface area (Å²) in [6, 6.07) is 16.1. The van der Waals surface area contributed by atoms with Gasteiger partial charge in [-0.3, -0.25) is 19.2 Å². The van der Waals surface area contributed by atoms with Crippen LogP contribution in [0.4, 0.5) is 0 Å². The molecule has 4 atom stereocenters. The van der Waals surface area contributed by atoms with E-state index >= 15 is 0 Å². The number of likely N-dealkylation sites (tertiary alicyclic amines) is 1. The summed E-state index contributed by atoms with van der Waals surface area (Å²) in [5.74, 6) is -0.719. The summed E-state index contributed by atoms with van der Waals surface area (Å²) in [6.07, 6.45) is 9.83. The van der Waals surface area contributed by atoms with E-state index in [1.165, 1.54) is 6.92 Å². The summed E-state index contributed by atoms with van der Waals surface area (Å²) in [4.78, 5) is 59.1. The third-order valence-corrected chi connectivity index (χ3v) is 10.1. The molecule has 4 N–H and O–H groups in total.